The molecule has 1 saturated heterocycles. The second-order valence-corrected chi connectivity index (χ2v) is 11.4. The summed E-state index contributed by atoms with van der Waals surface area (Å²) in [6, 6.07) is 1.43. The molecule has 1 aliphatic heterocycles. The van der Waals surface area contributed by atoms with Crippen molar-refractivity contribution in [3.05, 3.63) is 28.5 Å². The molecule has 2 aromatic rings. The van der Waals surface area contributed by atoms with Gasteiger partial charge in [0.05, 0.1) is 10.5 Å². The minimum Gasteiger partial charge on any atom is -0.389 e. The molecule has 2 aromatic heterocycles. The van der Waals surface area contributed by atoms with Crippen LogP contribution >= 0.6 is 11.3 Å². The zero-order valence-electron chi connectivity index (χ0n) is 21.0. The number of carbonyl (C=O) groups is 2. The van der Waals surface area contributed by atoms with Gasteiger partial charge in [-0.3, -0.25) is 9.59 Å². The third-order valence-electron chi connectivity index (χ3n) is 6.64. The van der Waals surface area contributed by atoms with Crippen molar-refractivity contribution in [2.75, 3.05) is 18.4 Å². The highest BCUT2D eigenvalue weighted by molar-refractivity contribution is 7.17. The smallest absolute Gasteiger partial charge is 0.280 e. The van der Waals surface area contributed by atoms with Crippen molar-refractivity contribution in [1.82, 2.24) is 20.2 Å². The SMILES string of the molecule is CC1CCCN1C(=O)c1nc(C(=O)NCC(C)(C)O)sc1-c1cnc(N[C@H](C)C2CC2)cc1C(F)F. The van der Waals surface area contributed by atoms with Crippen molar-refractivity contribution < 1.29 is 23.5 Å². The lowest BCUT2D eigenvalue weighted by atomic mass is 10.1. The number of alkyl halides is 2. The number of pyridine rings is 1. The van der Waals surface area contributed by atoms with E-state index in [9.17, 15) is 23.5 Å². The van der Waals surface area contributed by atoms with Crippen LogP contribution in [0.5, 0.6) is 0 Å². The van der Waals surface area contributed by atoms with Crippen molar-refractivity contribution in [3.63, 3.8) is 0 Å². The molecule has 3 N–H and O–H groups in total. The molecule has 2 amide bonds. The van der Waals surface area contributed by atoms with Gasteiger partial charge in [-0.15, -0.1) is 11.3 Å². The predicted molar refractivity (Wildman–Crippen MR) is 134 cm³/mol. The van der Waals surface area contributed by atoms with Gasteiger partial charge in [0.15, 0.2) is 5.01 Å². The molecular formula is C25H33F2N5O3S. The average molecular weight is 522 g/mol. The topological polar surface area (TPSA) is 107 Å². The van der Waals surface area contributed by atoms with E-state index in [1.807, 2.05) is 13.8 Å². The number of hydrogen-bond acceptors (Lipinski definition) is 7. The minimum atomic E-state index is -2.82. The summed E-state index contributed by atoms with van der Waals surface area (Å²) in [5.74, 6) is -0.112. The number of carbonyl (C=O) groups excluding carboxylic acids is 2. The molecule has 4 rings (SSSR count). The fourth-order valence-corrected chi connectivity index (χ4v) is 5.36. The molecule has 2 aliphatic rings. The van der Waals surface area contributed by atoms with E-state index in [1.165, 1.54) is 12.3 Å². The van der Waals surface area contributed by atoms with Crippen LogP contribution in [0.1, 0.15) is 85.7 Å². The van der Waals surface area contributed by atoms with E-state index in [1.54, 1.807) is 18.7 Å². The molecule has 36 heavy (non-hydrogen) atoms. The second-order valence-electron chi connectivity index (χ2n) is 10.4. The molecule has 0 spiro atoms. The fourth-order valence-electron chi connectivity index (χ4n) is 4.36. The van der Waals surface area contributed by atoms with Gasteiger partial charge in [-0.05, 0) is 65.4 Å². The first-order chi connectivity index (χ1) is 16.9. The van der Waals surface area contributed by atoms with Crippen LogP contribution in [0, 0.1) is 5.92 Å². The van der Waals surface area contributed by atoms with E-state index < -0.39 is 23.8 Å². The highest BCUT2D eigenvalue weighted by Crippen LogP contribution is 2.39. The molecule has 3 heterocycles. The van der Waals surface area contributed by atoms with Gasteiger partial charge in [0.25, 0.3) is 18.2 Å². The summed E-state index contributed by atoms with van der Waals surface area (Å²) in [6.07, 6.45) is 2.41. The molecule has 2 fully saturated rings. The van der Waals surface area contributed by atoms with Gasteiger partial charge in [-0.2, -0.15) is 0 Å². The van der Waals surface area contributed by atoms with Crippen LogP contribution < -0.4 is 10.6 Å². The van der Waals surface area contributed by atoms with Gasteiger partial charge < -0.3 is 20.6 Å². The Hall–Kier alpha value is -2.66. The quantitative estimate of drug-likeness (QED) is 0.449. The molecule has 0 bridgehead atoms. The van der Waals surface area contributed by atoms with E-state index in [0.29, 0.717) is 18.3 Å². The monoisotopic (exact) mass is 521 g/mol. The van der Waals surface area contributed by atoms with Crippen molar-refractivity contribution in [2.24, 2.45) is 5.92 Å². The van der Waals surface area contributed by atoms with Crippen LogP contribution in [-0.2, 0) is 0 Å². The van der Waals surface area contributed by atoms with Gasteiger partial charge in [0, 0.05) is 42.5 Å². The standard InChI is InChI=1S/C25H33F2N5O3S/c1-13-6-5-9-32(13)24(34)19-20(36-23(31-19)22(33)29-12-25(3,4)35)17-11-28-18(10-16(17)21(26)27)30-14(2)15-7-8-15/h10-11,13-15,21,35H,5-9,12H2,1-4H3,(H,28,30)(H,29,33)/t13?,14-/m1/s1. The normalized spacial score (nSPS) is 19.0. The number of thiazole rings is 1. The maximum absolute atomic E-state index is 14.2. The van der Waals surface area contributed by atoms with Gasteiger partial charge in [0.2, 0.25) is 0 Å². The molecule has 1 unspecified atom stereocenters. The largest absolute Gasteiger partial charge is 0.389 e. The summed E-state index contributed by atoms with van der Waals surface area (Å²) >= 11 is 0.880. The summed E-state index contributed by atoms with van der Waals surface area (Å²) in [6.45, 7) is 7.54. The number of anilines is 1. The third-order valence-corrected chi connectivity index (χ3v) is 7.73. The van der Waals surface area contributed by atoms with E-state index in [0.717, 1.165) is 37.0 Å². The molecule has 196 valence electrons. The molecule has 1 saturated carbocycles. The highest BCUT2D eigenvalue weighted by Gasteiger charge is 2.33. The Kier molecular flexibility index (Phi) is 7.61. The third kappa shape index (κ3) is 6.00. The number of amides is 2. The van der Waals surface area contributed by atoms with Crippen LogP contribution in [0.4, 0.5) is 14.6 Å². The van der Waals surface area contributed by atoms with Gasteiger partial charge in [0.1, 0.15) is 11.5 Å². The summed E-state index contributed by atoms with van der Waals surface area (Å²) in [5.41, 5.74) is -1.36. The Balaban J connectivity index is 1.73. The zero-order valence-corrected chi connectivity index (χ0v) is 21.8. The Morgan fingerprint density at radius 3 is 2.61 bits per heavy atom. The van der Waals surface area contributed by atoms with E-state index in [4.69, 9.17) is 0 Å². The van der Waals surface area contributed by atoms with Crippen LogP contribution in [-0.4, -0.2) is 62.6 Å². The van der Waals surface area contributed by atoms with Crippen LogP contribution in [0.3, 0.4) is 0 Å². The first-order valence-corrected chi connectivity index (χ1v) is 13.1. The van der Waals surface area contributed by atoms with E-state index >= 15 is 0 Å². The first-order valence-electron chi connectivity index (χ1n) is 12.3. The minimum absolute atomic E-state index is 0.0114. The lowest BCUT2D eigenvalue weighted by molar-refractivity contribution is 0.0692. The number of nitrogens with one attached hydrogen (secondary N) is 2. The average Bonchev–Trinajstić information content (AvgIpc) is 3.44. The van der Waals surface area contributed by atoms with E-state index in [-0.39, 0.29) is 45.3 Å². The lowest BCUT2D eigenvalue weighted by Gasteiger charge is -2.21. The van der Waals surface area contributed by atoms with Crippen molar-refractivity contribution in [1.29, 1.82) is 0 Å². The van der Waals surface area contributed by atoms with Crippen molar-refractivity contribution in [2.45, 2.75) is 77.5 Å². The molecule has 2 atom stereocenters. The Bertz CT molecular complexity index is 1130. The van der Waals surface area contributed by atoms with Gasteiger partial charge in [-0.25, -0.2) is 18.7 Å². The van der Waals surface area contributed by atoms with Gasteiger partial charge >= 0.3 is 0 Å². The summed E-state index contributed by atoms with van der Waals surface area (Å²) in [4.78, 5) is 36.8. The van der Waals surface area contributed by atoms with Crippen molar-refractivity contribution >= 4 is 29.0 Å². The Morgan fingerprint density at radius 2 is 2.03 bits per heavy atom. The molecule has 0 aromatic carbocycles. The van der Waals surface area contributed by atoms with Crippen LogP contribution in [0.2, 0.25) is 0 Å². The zero-order chi connectivity index (χ0) is 26.2. The number of nitrogens with zero attached hydrogens (tertiary/aromatic N) is 3. The predicted octanol–water partition coefficient (Wildman–Crippen LogP) is 4.48. The highest BCUT2D eigenvalue weighted by atomic mass is 32.1. The Morgan fingerprint density at radius 1 is 1.31 bits per heavy atom. The summed E-state index contributed by atoms with van der Waals surface area (Å²) in [7, 11) is 0. The van der Waals surface area contributed by atoms with Crippen LogP contribution in [0.25, 0.3) is 10.4 Å². The lowest BCUT2D eigenvalue weighted by Crippen LogP contribution is -2.38. The second kappa shape index (κ2) is 10.4. The maximum atomic E-state index is 14.2. The first kappa shape index (κ1) is 26.4. The maximum Gasteiger partial charge on any atom is 0.280 e. The fraction of sp³-hybridized carbons (Fsp3) is 0.600. The number of likely N-dealkylation sites (tertiary alicyclic amines) is 1. The molecule has 1 aliphatic carbocycles. The Labute approximate surface area is 213 Å². The molecule has 0 radical (unpaired) electrons. The summed E-state index contributed by atoms with van der Waals surface area (Å²) in [5, 5.41) is 15.7. The summed E-state index contributed by atoms with van der Waals surface area (Å²) < 4.78 is 28.5. The number of aromatic nitrogens is 2. The molecular weight excluding hydrogens is 488 g/mol. The molecule has 8 nitrogen and oxygen atoms in total. The van der Waals surface area contributed by atoms with Crippen molar-refractivity contribution in [3.8, 4) is 10.4 Å². The number of halogens is 2. The molecule has 11 heteroatoms. The number of aliphatic hydroxyl groups is 1. The van der Waals surface area contributed by atoms with E-state index in [2.05, 4.69) is 20.6 Å². The number of hydrogen-bond donors (Lipinski definition) is 3. The van der Waals surface area contributed by atoms with Gasteiger partial charge in [-0.1, -0.05) is 0 Å². The van der Waals surface area contributed by atoms with Crippen LogP contribution in [0.15, 0.2) is 12.3 Å². The number of rotatable bonds is 9.